The lowest BCUT2D eigenvalue weighted by molar-refractivity contribution is 0.385. The molecule has 1 aliphatic heterocycles. The topological polar surface area (TPSA) is 69.3 Å². The first kappa shape index (κ1) is 14.4. The van der Waals surface area contributed by atoms with Crippen molar-refractivity contribution < 1.29 is 8.42 Å². The zero-order chi connectivity index (χ0) is 14.9. The SMILES string of the molecule is O=S(=O)(c1cn[nH]c1)N1CCN(c2cccc(Cl)c2)CC1. The molecule has 0 unspecified atom stereocenters. The number of aromatic amines is 1. The molecule has 0 amide bonds. The van der Waals surface area contributed by atoms with E-state index in [1.54, 1.807) is 0 Å². The van der Waals surface area contributed by atoms with Crippen LogP contribution >= 0.6 is 11.6 Å². The lowest BCUT2D eigenvalue weighted by Crippen LogP contribution is -2.48. The molecule has 2 heterocycles. The Balaban J connectivity index is 1.71. The van der Waals surface area contributed by atoms with Crippen LogP contribution in [0.25, 0.3) is 0 Å². The van der Waals surface area contributed by atoms with Crippen LogP contribution in [0.3, 0.4) is 0 Å². The van der Waals surface area contributed by atoms with Gasteiger partial charge in [-0.1, -0.05) is 17.7 Å². The van der Waals surface area contributed by atoms with E-state index in [-0.39, 0.29) is 4.90 Å². The van der Waals surface area contributed by atoms with Crippen LogP contribution in [0.5, 0.6) is 0 Å². The van der Waals surface area contributed by atoms with Gasteiger partial charge in [0.15, 0.2) is 0 Å². The minimum absolute atomic E-state index is 0.207. The summed E-state index contributed by atoms with van der Waals surface area (Å²) >= 11 is 5.99. The lowest BCUT2D eigenvalue weighted by atomic mass is 10.2. The average molecular weight is 327 g/mol. The normalized spacial score (nSPS) is 17.1. The Morgan fingerprint density at radius 2 is 1.95 bits per heavy atom. The third kappa shape index (κ3) is 2.90. The molecule has 0 spiro atoms. The molecule has 1 fully saturated rings. The van der Waals surface area contributed by atoms with Crippen molar-refractivity contribution >= 4 is 27.3 Å². The Morgan fingerprint density at radius 3 is 2.57 bits per heavy atom. The van der Waals surface area contributed by atoms with Gasteiger partial charge >= 0.3 is 0 Å². The first-order chi connectivity index (χ1) is 10.1. The summed E-state index contributed by atoms with van der Waals surface area (Å²) in [6.07, 6.45) is 2.73. The maximum atomic E-state index is 12.4. The number of nitrogens with one attached hydrogen (secondary N) is 1. The highest BCUT2D eigenvalue weighted by Gasteiger charge is 2.29. The predicted octanol–water partition coefficient (Wildman–Crippen LogP) is 1.57. The zero-order valence-electron chi connectivity index (χ0n) is 11.2. The van der Waals surface area contributed by atoms with E-state index in [1.807, 2.05) is 24.3 Å². The molecule has 21 heavy (non-hydrogen) atoms. The number of benzene rings is 1. The Morgan fingerprint density at radius 1 is 1.19 bits per heavy atom. The van der Waals surface area contributed by atoms with Crippen molar-refractivity contribution in [3.05, 3.63) is 41.7 Å². The van der Waals surface area contributed by atoms with Crippen molar-refractivity contribution in [1.82, 2.24) is 14.5 Å². The number of anilines is 1. The van der Waals surface area contributed by atoms with E-state index >= 15 is 0 Å². The van der Waals surface area contributed by atoms with Gasteiger partial charge in [-0.2, -0.15) is 9.40 Å². The molecule has 6 nitrogen and oxygen atoms in total. The maximum absolute atomic E-state index is 12.4. The molecule has 0 saturated carbocycles. The molecule has 112 valence electrons. The second kappa shape index (κ2) is 5.67. The summed E-state index contributed by atoms with van der Waals surface area (Å²) in [5.74, 6) is 0. The minimum atomic E-state index is -3.45. The molecule has 1 N–H and O–H groups in total. The molecule has 0 bridgehead atoms. The summed E-state index contributed by atoms with van der Waals surface area (Å²) < 4.78 is 26.2. The van der Waals surface area contributed by atoms with Crippen LogP contribution in [-0.2, 0) is 10.0 Å². The van der Waals surface area contributed by atoms with Crippen molar-refractivity contribution in [3.63, 3.8) is 0 Å². The number of hydrogen-bond donors (Lipinski definition) is 1. The van der Waals surface area contributed by atoms with E-state index in [1.165, 1.54) is 16.7 Å². The van der Waals surface area contributed by atoms with Crippen LogP contribution in [0, 0.1) is 0 Å². The van der Waals surface area contributed by atoms with E-state index in [2.05, 4.69) is 15.1 Å². The van der Waals surface area contributed by atoms with Gasteiger partial charge in [-0.15, -0.1) is 0 Å². The second-order valence-corrected chi connectivity index (χ2v) is 7.18. The summed E-state index contributed by atoms with van der Waals surface area (Å²) in [5.41, 5.74) is 1.02. The van der Waals surface area contributed by atoms with Gasteiger partial charge in [0.2, 0.25) is 10.0 Å². The van der Waals surface area contributed by atoms with Gasteiger partial charge in [0, 0.05) is 43.1 Å². The average Bonchev–Trinajstić information content (AvgIpc) is 3.02. The van der Waals surface area contributed by atoms with Gasteiger partial charge in [-0.25, -0.2) is 8.42 Å². The number of sulfonamides is 1. The van der Waals surface area contributed by atoms with Gasteiger partial charge < -0.3 is 4.90 Å². The summed E-state index contributed by atoms with van der Waals surface area (Å²) in [6.45, 7) is 2.16. The number of H-pyrrole nitrogens is 1. The zero-order valence-corrected chi connectivity index (χ0v) is 12.8. The quantitative estimate of drug-likeness (QED) is 0.929. The van der Waals surface area contributed by atoms with Gasteiger partial charge in [0.05, 0.1) is 6.20 Å². The highest BCUT2D eigenvalue weighted by molar-refractivity contribution is 7.89. The summed E-state index contributed by atoms with van der Waals surface area (Å²) in [5, 5.41) is 6.92. The fraction of sp³-hybridized carbons (Fsp3) is 0.308. The molecule has 0 radical (unpaired) electrons. The highest BCUT2D eigenvalue weighted by atomic mass is 35.5. The molecule has 0 aliphatic carbocycles. The first-order valence-electron chi connectivity index (χ1n) is 6.57. The number of piperazine rings is 1. The second-order valence-electron chi connectivity index (χ2n) is 4.81. The van der Waals surface area contributed by atoms with Gasteiger partial charge in [-0.05, 0) is 18.2 Å². The number of aromatic nitrogens is 2. The van der Waals surface area contributed by atoms with Crippen LogP contribution in [0.4, 0.5) is 5.69 Å². The molecule has 1 aromatic carbocycles. The highest BCUT2D eigenvalue weighted by Crippen LogP contribution is 2.22. The molecule has 3 rings (SSSR count). The van der Waals surface area contributed by atoms with Gasteiger partial charge in [-0.3, -0.25) is 5.10 Å². The number of nitrogens with zero attached hydrogens (tertiary/aromatic N) is 3. The molecule has 1 saturated heterocycles. The van der Waals surface area contributed by atoms with E-state index in [0.29, 0.717) is 31.2 Å². The Bertz CT molecular complexity index is 710. The smallest absolute Gasteiger partial charge is 0.246 e. The van der Waals surface area contributed by atoms with Crippen LogP contribution in [0.2, 0.25) is 5.02 Å². The van der Waals surface area contributed by atoms with Crippen LogP contribution in [-0.4, -0.2) is 49.1 Å². The maximum Gasteiger partial charge on any atom is 0.246 e. The van der Waals surface area contributed by atoms with Crippen molar-refractivity contribution in [2.75, 3.05) is 31.1 Å². The van der Waals surface area contributed by atoms with Crippen LogP contribution < -0.4 is 4.90 Å². The Hall–Kier alpha value is -1.57. The monoisotopic (exact) mass is 326 g/mol. The van der Waals surface area contributed by atoms with Crippen molar-refractivity contribution in [1.29, 1.82) is 0 Å². The van der Waals surface area contributed by atoms with Crippen molar-refractivity contribution in [2.24, 2.45) is 0 Å². The largest absolute Gasteiger partial charge is 0.369 e. The predicted molar refractivity (Wildman–Crippen MR) is 81.0 cm³/mol. The Labute approximate surface area is 128 Å². The Kier molecular flexibility index (Phi) is 3.88. The molecule has 1 aromatic heterocycles. The number of halogens is 1. The summed E-state index contributed by atoms with van der Waals surface area (Å²) in [6, 6.07) is 7.59. The van der Waals surface area contributed by atoms with E-state index in [0.717, 1.165) is 5.69 Å². The standard InChI is InChI=1S/C13H15ClN4O2S/c14-11-2-1-3-12(8-11)17-4-6-18(7-5-17)21(19,20)13-9-15-16-10-13/h1-3,8-10H,4-7H2,(H,15,16). The molecule has 1 aliphatic rings. The van der Waals surface area contributed by atoms with Crippen LogP contribution in [0.1, 0.15) is 0 Å². The molecule has 8 heteroatoms. The molecular formula is C13H15ClN4O2S. The third-order valence-corrected chi connectivity index (χ3v) is 5.62. The van der Waals surface area contributed by atoms with E-state index < -0.39 is 10.0 Å². The number of rotatable bonds is 3. The number of hydrogen-bond acceptors (Lipinski definition) is 4. The van der Waals surface area contributed by atoms with Crippen LogP contribution in [0.15, 0.2) is 41.6 Å². The van der Waals surface area contributed by atoms with Crippen molar-refractivity contribution in [2.45, 2.75) is 4.90 Å². The molecule has 0 atom stereocenters. The summed E-state index contributed by atoms with van der Waals surface area (Å²) in [4.78, 5) is 2.34. The van der Waals surface area contributed by atoms with Crippen molar-refractivity contribution in [3.8, 4) is 0 Å². The third-order valence-electron chi connectivity index (χ3n) is 3.52. The van der Waals surface area contributed by atoms with Gasteiger partial charge in [0.25, 0.3) is 0 Å². The lowest BCUT2D eigenvalue weighted by Gasteiger charge is -2.35. The molecular weight excluding hydrogens is 312 g/mol. The minimum Gasteiger partial charge on any atom is -0.369 e. The fourth-order valence-corrected chi connectivity index (χ4v) is 3.90. The first-order valence-corrected chi connectivity index (χ1v) is 8.38. The van der Waals surface area contributed by atoms with Gasteiger partial charge in [0.1, 0.15) is 4.90 Å². The molecule has 2 aromatic rings. The van der Waals surface area contributed by atoms with E-state index in [4.69, 9.17) is 11.6 Å². The fourth-order valence-electron chi connectivity index (χ4n) is 2.39. The van der Waals surface area contributed by atoms with E-state index in [9.17, 15) is 8.42 Å². The summed E-state index contributed by atoms with van der Waals surface area (Å²) in [7, 11) is -3.45.